The Morgan fingerprint density at radius 1 is 0.952 bits per heavy atom. The fraction of sp³-hybridized carbons (Fsp3) is 0.667. The zero-order valence-electron chi connectivity index (χ0n) is 11.7. The van der Waals surface area contributed by atoms with Gasteiger partial charge in [0, 0.05) is 6.04 Å². The monoisotopic (exact) mass is 300 g/mol. The first-order valence-electron chi connectivity index (χ1n) is 6.65. The molecule has 9 nitrogen and oxygen atoms in total. The van der Waals surface area contributed by atoms with Gasteiger partial charge >= 0.3 is 12.0 Å². The summed E-state index contributed by atoms with van der Waals surface area (Å²) in [6, 6.07) is -0.879. The first kappa shape index (κ1) is 16.7. The number of nitrogens with two attached hydrogens (primary N) is 2. The van der Waals surface area contributed by atoms with Crippen LogP contribution in [-0.2, 0) is 14.4 Å². The number of hydrogen-bond acceptors (Lipinski definition) is 4. The Morgan fingerprint density at radius 2 is 1.48 bits per heavy atom. The second-order valence-corrected chi connectivity index (χ2v) is 5.03. The van der Waals surface area contributed by atoms with Crippen LogP contribution in [0.3, 0.4) is 0 Å². The lowest BCUT2D eigenvalue weighted by atomic mass is 10.2. The number of rotatable bonds is 7. The zero-order valence-corrected chi connectivity index (χ0v) is 11.7. The van der Waals surface area contributed by atoms with E-state index in [-0.39, 0.29) is 12.6 Å². The van der Waals surface area contributed by atoms with E-state index >= 15 is 0 Å². The molecule has 0 aromatic heterocycles. The van der Waals surface area contributed by atoms with Crippen LogP contribution in [-0.4, -0.2) is 64.4 Å². The number of carboxylic acids is 1. The molecule has 4 amide bonds. The van der Waals surface area contributed by atoms with Crippen molar-refractivity contribution in [3.63, 3.8) is 0 Å². The van der Waals surface area contributed by atoms with Gasteiger partial charge in [0.25, 0.3) is 0 Å². The summed E-state index contributed by atoms with van der Waals surface area (Å²) in [6.45, 7) is -1.49. The second-order valence-electron chi connectivity index (χ2n) is 5.03. The minimum Gasteiger partial charge on any atom is -0.480 e. The lowest BCUT2D eigenvalue weighted by Gasteiger charge is -2.32. The molecule has 1 fully saturated rings. The molecule has 0 aromatic rings. The van der Waals surface area contributed by atoms with Crippen LogP contribution >= 0.6 is 0 Å². The van der Waals surface area contributed by atoms with E-state index in [1.165, 1.54) is 4.90 Å². The number of amides is 4. The largest absolute Gasteiger partial charge is 0.480 e. The van der Waals surface area contributed by atoms with Crippen molar-refractivity contribution < 1.29 is 24.3 Å². The van der Waals surface area contributed by atoms with Crippen molar-refractivity contribution in [1.82, 2.24) is 9.80 Å². The number of carbonyl (C=O) groups excluding carboxylic acids is 3. The van der Waals surface area contributed by atoms with Gasteiger partial charge in [-0.25, -0.2) is 4.79 Å². The highest BCUT2D eigenvalue weighted by Gasteiger charge is 2.32. The van der Waals surface area contributed by atoms with Crippen molar-refractivity contribution in [2.45, 2.75) is 31.7 Å². The summed E-state index contributed by atoms with van der Waals surface area (Å²) >= 11 is 0. The Bertz CT molecular complexity index is 417. The van der Waals surface area contributed by atoms with Crippen molar-refractivity contribution in [2.24, 2.45) is 11.5 Å². The van der Waals surface area contributed by atoms with E-state index in [1.54, 1.807) is 0 Å². The highest BCUT2D eigenvalue weighted by Crippen LogP contribution is 2.24. The summed E-state index contributed by atoms with van der Waals surface area (Å²) in [6.07, 6.45) is 3.27. The molecular weight excluding hydrogens is 280 g/mol. The summed E-state index contributed by atoms with van der Waals surface area (Å²) < 4.78 is 0. The van der Waals surface area contributed by atoms with Gasteiger partial charge in [-0.1, -0.05) is 12.8 Å². The maximum Gasteiger partial charge on any atom is 0.323 e. The van der Waals surface area contributed by atoms with Crippen LogP contribution in [0.1, 0.15) is 25.7 Å². The average Bonchev–Trinajstić information content (AvgIpc) is 2.86. The summed E-state index contributed by atoms with van der Waals surface area (Å²) in [5, 5.41) is 8.82. The van der Waals surface area contributed by atoms with Crippen molar-refractivity contribution in [3.8, 4) is 0 Å². The molecule has 0 aliphatic heterocycles. The lowest BCUT2D eigenvalue weighted by molar-refractivity contribution is -0.138. The van der Waals surface area contributed by atoms with Gasteiger partial charge in [-0.15, -0.1) is 0 Å². The average molecular weight is 300 g/mol. The van der Waals surface area contributed by atoms with Crippen LogP contribution in [0, 0.1) is 0 Å². The Labute approximate surface area is 121 Å². The number of carboxylic acid groups (broad SMARTS) is 1. The van der Waals surface area contributed by atoms with Gasteiger partial charge < -0.3 is 26.4 Å². The fourth-order valence-electron chi connectivity index (χ4n) is 2.46. The molecule has 21 heavy (non-hydrogen) atoms. The second kappa shape index (κ2) is 7.46. The van der Waals surface area contributed by atoms with Gasteiger partial charge in [0.2, 0.25) is 11.8 Å². The Kier molecular flexibility index (Phi) is 5.94. The Hall–Kier alpha value is -2.32. The molecule has 1 saturated carbocycles. The molecule has 1 aliphatic carbocycles. The molecule has 0 atom stereocenters. The molecule has 1 rings (SSSR count). The minimum absolute atomic E-state index is 0.172. The predicted octanol–water partition coefficient (Wildman–Crippen LogP) is -1.29. The molecule has 118 valence electrons. The van der Waals surface area contributed by atoms with Crippen molar-refractivity contribution in [3.05, 3.63) is 0 Å². The van der Waals surface area contributed by atoms with Crippen molar-refractivity contribution in [1.29, 1.82) is 0 Å². The molecule has 0 radical (unpaired) electrons. The highest BCUT2D eigenvalue weighted by atomic mass is 16.4. The first-order chi connectivity index (χ1) is 9.81. The number of carbonyl (C=O) groups is 4. The van der Waals surface area contributed by atoms with Crippen LogP contribution in [0.15, 0.2) is 0 Å². The van der Waals surface area contributed by atoms with E-state index < -0.39 is 36.9 Å². The van der Waals surface area contributed by atoms with Crippen LogP contribution < -0.4 is 11.5 Å². The zero-order chi connectivity index (χ0) is 16.0. The molecule has 0 spiro atoms. The van der Waals surface area contributed by atoms with E-state index in [0.29, 0.717) is 0 Å². The number of hydrogen-bond donors (Lipinski definition) is 3. The number of aliphatic carboxylic acids is 1. The number of urea groups is 1. The predicted molar refractivity (Wildman–Crippen MR) is 72.0 cm³/mol. The van der Waals surface area contributed by atoms with Gasteiger partial charge in [0.15, 0.2) is 0 Å². The Balaban J connectivity index is 2.89. The van der Waals surface area contributed by atoms with Crippen LogP contribution in [0.2, 0.25) is 0 Å². The quantitative estimate of drug-likeness (QED) is 0.535. The van der Waals surface area contributed by atoms with Gasteiger partial charge in [0.05, 0.1) is 0 Å². The van der Waals surface area contributed by atoms with Gasteiger partial charge in [-0.2, -0.15) is 0 Å². The number of nitrogens with zero attached hydrogens (tertiary/aromatic N) is 2. The van der Waals surface area contributed by atoms with E-state index in [0.717, 1.165) is 30.6 Å². The van der Waals surface area contributed by atoms with E-state index in [4.69, 9.17) is 16.6 Å². The molecule has 1 aliphatic rings. The topological polar surface area (TPSA) is 147 Å². The Morgan fingerprint density at radius 3 is 1.90 bits per heavy atom. The molecule has 0 heterocycles. The third-order valence-electron chi connectivity index (χ3n) is 3.28. The molecule has 0 aromatic carbocycles. The molecule has 0 saturated heterocycles. The lowest BCUT2D eigenvalue weighted by Crippen LogP contribution is -2.53. The molecular formula is C12H20N4O5. The maximum atomic E-state index is 12.4. The van der Waals surface area contributed by atoms with E-state index in [2.05, 4.69) is 0 Å². The van der Waals surface area contributed by atoms with Crippen LogP contribution in [0.4, 0.5) is 4.79 Å². The SMILES string of the molecule is NC(=O)CN(CC(=O)O)C(=O)N(CC(N)=O)C1CCCC1. The maximum absolute atomic E-state index is 12.4. The molecule has 0 bridgehead atoms. The first-order valence-corrected chi connectivity index (χ1v) is 6.65. The molecule has 9 heteroatoms. The summed E-state index contributed by atoms with van der Waals surface area (Å²) in [7, 11) is 0. The van der Waals surface area contributed by atoms with Crippen molar-refractivity contribution >= 4 is 23.8 Å². The third kappa shape index (κ3) is 5.28. The smallest absolute Gasteiger partial charge is 0.323 e. The van der Waals surface area contributed by atoms with Gasteiger partial charge in [0.1, 0.15) is 19.6 Å². The van der Waals surface area contributed by atoms with Crippen LogP contribution in [0.25, 0.3) is 0 Å². The van der Waals surface area contributed by atoms with E-state index in [9.17, 15) is 19.2 Å². The highest BCUT2D eigenvalue weighted by molar-refractivity contribution is 5.88. The van der Waals surface area contributed by atoms with E-state index in [1.807, 2.05) is 0 Å². The summed E-state index contributed by atoms with van der Waals surface area (Å²) in [5.74, 6) is -2.78. The minimum atomic E-state index is -1.27. The van der Waals surface area contributed by atoms with Crippen LogP contribution in [0.5, 0.6) is 0 Å². The third-order valence-corrected chi connectivity index (χ3v) is 3.28. The van der Waals surface area contributed by atoms with Crippen molar-refractivity contribution in [2.75, 3.05) is 19.6 Å². The van der Waals surface area contributed by atoms with Gasteiger partial charge in [-0.3, -0.25) is 14.4 Å². The fourth-order valence-corrected chi connectivity index (χ4v) is 2.46. The standard InChI is InChI=1S/C12H20N4O5/c13-9(17)5-15(7-11(19)20)12(21)16(6-10(14)18)8-3-1-2-4-8/h8H,1-7H2,(H2,13,17)(H2,14,18)(H,19,20). The normalized spacial score (nSPS) is 14.7. The summed E-state index contributed by atoms with van der Waals surface area (Å²) in [4.78, 5) is 47.4. The number of primary amides is 2. The van der Waals surface area contributed by atoms with Gasteiger partial charge in [-0.05, 0) is 12.8 Å². The molecule has 5 N–H and O–H groups in total. The summed E-state index contributed by atoms with van der Waals surface area (Å²) in [5.41, 5.74) is 10.2. The molecule has 0 unspecified atom stereocenters.